The zero-order valence-electron chi connectivity index (χ0n) is 16.9. The monoisotopic (exact) mass is 497 g/mol. The van der Waals surface area contributed by atoms with Crippen molar-refractivity contribution in [2.75, 3.05) is 5.32 Å². The Labute approximate surface area is 193 Å². The molecule has 0 unspecified atom stereocenters. The molecule has 0 spiro atoms. The number of furan rings is 1. The molecule has 0 fully saturated rings. The lowest BCUT2D eigenvalue weighted by molar-refractivity contribution is 0.0991. The fraction of sp³-hybridized carbons (Fsp3) is 0.0909. The lowest BCUT2D eigenvalue weighted by atomic mass is 10.2. The van der Waals surface area contributed by atoms with E-state index in [1.165, 1.54) is 35.1 Å². The van der Waals surface area contributed by atoms with Crippen LogP contribution in [0.4, 0.5) is 27.8 Å². The summed E-state index contributed by atoms with van der Waals surface area (Å²) in [5.41, 5.74) is 0.750. The second kappa shape index (κ2) is 9.56. The molecule has 34 heavy (non-hydrogen) atoms. The molecule has 176 valence electrons. The van der Waals surface area contributed by atoms with Crippen LogP contribution in [0.15, 0.2) is 53.1 Å². The van der Waals surface area contributed by atoms with Gasteiger partial charge in [0.15, 0.2) is 29.0 Å². The summed E-state index contributed by atoms with van der Waals surface area (Å²) < 4.78 is 78.4. The van der Waals surface area contributed by atoms with E-state index in [0.717, 1.165) is 5.56 Å². The third-order valence-electron chi connectivity index (χ3n) is 4.52. The Morgan fingerprint density at radius 1 is 1.03 bits per heavy atom. The Bertz CT molecular complexity index is 1330. The van der Waals surface area contributed by atoms with E-state index in [2.05, 4.69) is 10.4 Å². The van der Waals surface area contributed by atoms with Crippen LogP contribution in [0.3, 0.4) is 0 Å². The Kier molecular flexibility index (Phi) is 6.55. The van der Waals surface area contributed by atoms with E-state index in [9.17, 15) is 26.7 Å². The maximum atomic E-state index is 13.7. The molecule has 0 aliphatic carbocycles. The molecular weight excluding hydrogens is 485 g/mol. The predicted octanol–water partition coefficient (Wildman–Crippen LogP) is 5.70. The quantitative estimate of drug-likeness (QED) is 0.262. The molecule has 12 heteroatoms. The van der Waals surface area contributed by atoms with Gasteiger partial charge in [0, 0.05) is 12.3 Å². The van der Waals surface area contributed by atoms with Crippen LogP contribution in [0.25, 0.3) is 0 Å². The van der Waals surface area contributed by atoms with Gasteiger partial charge in [0.25, 0.3) is 5.91 Å². The van der Waals surface area contributed by atoms with Gasteiger partial charge in [-0.05, 0) is 29.8 Å². The van der Waals surface area contributed by atoms with Gasteiger partial charge in [0.2, 0.25) is 11.6 Å². The summed E-state index contributed by atoms with van der Waals surface area (Å²) in [5.74, 6) is -9.25. The van der Waals surface area contributed by atoms with Crippen LogP contribution < -0.4 is 10.1 Å². The van der Waals surface area contributed by atoms with Crippen molar-refractivity contribution in [3.05, 3.63) is 99.9 Å². The first-order valence-corrected chi connectivity index (χ1v) is 9.92. The molecular formula is C22H13ClF5N3O3. The van der Waals surface area contributed by atoms with Gasteiger partial charge >= 0.3 is 0 Å². The first kappa shape index (κ1) is 23.3. The van der Waals surface area contributed by atoms with Gasteiger partial charge in [0.05, 0.1) is 6.54 Å². The average molecular weight is 498 g/mol. The van der Waals surface area contributed by atoms with E-state index in [4.69, 9.17) is 20.8 Å². The van der Waals surface area contributed by atoms with Crippen molar-refractivity contribution in [1.29, 1.82) is 0 Å². The van der Waals surface area contributed by atoms with Gasteiger partial charge in [-0.3, -0.25) is 9.48 Å². The summed E-state index contributed by atoms with van der Waals surface area (Å²) in [6, 6.07) is 8.32. The summed E-state index contributed by atoms with van der Waals surface area (Å²) >= 11 is 6.10. The van der Waals surface area contributed by atoms with Gasteiger partial charge in [0.1, 0.15) is 23.2 Å². The van der Waals surface area contributed by atoms with Crippen LogP contribution in [0.1, 0.15) is 21.9 Å². The van der Waals surface area contributed by atoms with Crippen molar-refractivity contribution in [1.82, 2.24) is 9.78 Å². The van der Waals surface area contributed by atoms with E-state index in [1.54, 1.807) is 12.1 Å². The molecule has 1 N–H and O–H groups in total. The summed E-state index contributed by atoms with van der Waals surface area (Å²) in [4.78, 5) is 12.4. The molecule has 0 atom stereocenters. The molecule has 2 aromatic heterocycles. The minimum atomic E-state index is -1.70. The Hall–Kier alpha value is -3.86. The summed E-state index contributed by atoms with van der Waals surface area (Å²) in [7, 11) is 0. The normalized spacial score (nSPS) is 11.0. The standard InChI is InChI=1S/C22H13ClF5N3O3/c23-14-9-31(8-11-1-3-12(24)4-2-11)30-21(14)29-22(32)17-6-5-13(34-17)10-33-20-18(27)15(25)7-16(26)19(20)28/h1-7,9H,8,10H2,(H,29,30,32). The van der Waals surface area contributed by atoms with Gasteiger partial charge in [-0.15, -0.1) is 0 Å². The molecule has 4 rings (SSSR count). The van der Waals surface area contributed by atoms with Crippen LogP contribution >= 0.6 is 11.6 Å². The molecule has 1 amide bonds. The molecule has 0 bridgehead atoms. The van der Waals surface area contributed by atoms with Crippen molar-refractivity contribution in [2.24, 2.45) is 0 Å². The minimum Gasteiger partial charge on any atom is -0.479 e. The molecule has 2 aromatic carbocycles. The summed E-state index contributed by atoms with van der Waals surface area (Å²) in [6.07, 6.45) is 1.46. The summed E-state index contributed by atoms with van der Waals surface area (Å²) in [5, 5.41) is 6.72. The average Bonchev–Trinajstić information content (AvgIpc) is 3.40. The van der Waals surface area contributed by atoms with E-state index in [1.807, 2.05) is 0 Å². The van der Waals surface area contributed by atoms with E-state index < -0.39 is 41.5 Å². The molecule has 2 heterocycles. The number of nitrogens with zero attached hydrogens (tertiary/aromatic N) is 2. The fourth-order valence-corrected chi connectivity index (χ4v) is 3.11. The van der Waals surface area contributed by atoms with Crippen molar-refractivity contribution in [3.63, 3.8) is 0 Å². The zero-order valence-corrected chi connectivity index (χ0v) is 17.7. The molecule has 0 saturated heterocycles. The SMILES string of the molecule is O=C(Nc1nn(Cc2ccc(F)cc2)cc1Cl)c1ccc(COc2c(F)c(F)cc(F)c2F)o1. The topological polar surface area (TPSA) is 69.3 Å². The van der Waals surface area contributed by atoms with Gasteiger partial charge in [-0.2, -0.15) is 13.9 Å². The van der Waals surface area contributed by atoms with Gasteiger partial charge in [-0.1, -0.05) is 23.7 Å². The highest BCUT2D eigenvalue weighted by Gasteiger charge is 2.22. The highest BCUT2D eigenvalue weighted by atomic mass is 35.5. The molecule has 4 aromatic rings. The Morgan fingerprint density at radius 3 is 2.38 bits per heavy atom. The second-order valence-corrected chi connectivity index (χ2v) is 7.36. The van der Waals surface area contributed by atoms with Crippen molar-refractivity contribution in [3.8, 4) is 5.75 Å². The highest BCUT2D eigenvalue weighted by molar-refractivity contribution is 6.33. The maximum absolute atomic E-state index is 13.7. The summed E-state index contributed by atoms with van der Waals surface area (Å²) in [6.45, 7) is -0.344. The van der Waals surface area contributed by atoms with Crippen LogP contribution in [0.2, 0.25) is 5.02 Å². The van der Waals surface area contributed by atoms with Crippen LogP contribution in [-0.2, 0) is 13.2 Å². The molecule has 0 aliphatic rings. The fourth-order valence-electron chi connectivity index (χ4n) is 2.91. The number of benzene rings is 2. The Morgan fingerprint density at radius 2 is 1.71 bits per heavy atom. The number of nitrogens with one attached hydrogen (secondary N) is 1. The van der Waals surface area contributed by atoms with Crippen LogP contribution in [0.5, 0.6) is 5.75 Å². The second-order valence-electron chi connectivity index (χ2n) is 6.96. The number of ether oxygens (including phenoxy) is 1. The molecule has 0 aliphatic heterocycles. The third-order valence-corrected chi connectivity index (χ3v) is 4.80. The van der Waals surface area contributed by atoms with Crippen molar-refractivity contribution in [2.45, 2.75) is 13.2 Å². The van der Waals surface area contributed by atoms with Gasteiger partial charge < -0.3 is 14.5 Å². The first-order valence-electron chi connectivity index (χ1n) is 9.54. The smallest absolute Gasteiger partial charge is 0.292 e. The molecule has 6 nitrogen and oxygen atoms in total. The molecule has 0 radical (unpaired) electrons. The van der Waals surface area contributed by atoms with Crippen LogP contribution in [-0.4, -0.2) is 15.7 Å². The minimum absolute atomic E-state index is 0.0300. The number of rotatable bonds is 7. The number of carbonyl (C=O) groups is 1. The zero-order chi connectivity index (χ0) is 24.4. The lowest BCUT2D eigenvalue weighted by Crippen LogP contribution is -2.12. The lowest BCUT2D eigenvalue weighted by Gasteiger charge is -2.08. The highest BCUT2D eigenvalue weighted by Crippen LogP contribution is 2.27. The number of hydrogen-bond acceptors (Lipinski definition) is 4. The number of hydrogen-bond donors (Lipinski definition) is 1. The van der Waals surface area contributed by atoms with Crippen molar-refractivity contribution >= 4 is 23.3 Å². The maximum Gasteiger partial charge on any atom is 0.292 e. The van der Waals surface area contributed by atoms with Crippen LogP contribution in [0, 0.1) is 29.1 Å². The number of aromatic nitrogens is 2. The van der Waals surface area contributed by atoms with Gasteiger partial charge in [-0.25, -0.2) is 13.2 Å². The largest absolute Gasteiger partial charge is 0.479 e. The van der Waals surface area contributed by atoms with Crippen molar-refractivity contribution < 1.29 is 35.9 Å². The van der Waals surface area contributed by atoms with E-state index in [-0.39, 0.29) is 40.8 Å². The third kappa shape index (κ3) is 5.04. The Balaban J connectivity index is 1.40. The predicted molar refractivity (Wildman–Crippen MR) is 110 cm³/mol. The number of amides is 1. The number of anilines is 1. The van der Waals surface area contributed by atoms with E-state index >= 15 is 0 Å². The first-order chi connectivity index (χ1) is 16.2. The number of halogens is 6. The van der Waals surface area contributed by atoms with E-state index in [0.29, 0.717) is 0 Å². The number of carbonyl (C=O) groups excluding carboxylic acids is 1. The molecule has 0 saturated carbocycles.